The van der Waals surface area contributed by atoms with Crippen LogP contribution in [0.1, 0.15) is 37.0 Å². The summed E-state index contributed by atoms with van der Waals surface area (Å²) in [6, 6.07) is 7.23. The maximum atomic E-state index is 12.3. The standard InChI is InChI=1S/C16H21NO3/c1-3-20-15-6-4-14(5-7-15)16(19)17-10-8-13(9-11-17)12(2)18/h4-7,13H,3,8-11H2,1-2H3. The van der Waals surface area contributed by atoms with Crippen molar-refractivity contribution in [2.75, 3.05) is 19.7 Å². The summed E-state index contributed by atoms with van der Waals surface area (Å²) in [5.41, 5.74) is 0.676. The second kappa shape index (κ2) is 6.55. The van der Waals surface area contributed by atoms with Gasteiger partial charge in [-0.3, -0.25) is 9.59 Å². The SMILES string of the molecule is CCOc1ccc(C(=O)N2CCC(C(C)=O)CC2)cc1. The second-order valence-electron chi connectivity index (χ2n) is 5.13. The molecule has 1 aliphatic heterocycles. The highest BCUT2D eigenvalue weighted by Crippen LogP contribution is 2.20. The van der Waals surface area contributed by atoms with Crippen LogP contribution in [0, 0.1) is 5.92 Å². The number of amides is 1. The van der Waals surface area contributed by atoms with Crippen molar-refractivity contribution in [3.05, 3.63) is 29.8 Å². The third-order valence-corrected chi connectivity index (χ3v) is 3.77. The van der Waals surface area contributed by atoms with Gasteiger partial charge in [0.1, 0.15) is 11.5 Å². The second-order valence-corrected chi connectivity index (χ2v) is 5.13. The van der Waals surface area contributed by atoms with Crippen molar-refractivity contribution in [3.63, 3.8) is 0 Å². The Morgan fingerprint density at radius 3 is 2.30 bits per heavy atom. The van der Waals surface area contributed by atoms with Crippen LogP contribution >= 0.6 is 0 Å². The molecule has 0 aromatic heterocycles. The number of likely N-dealkylation sites (tertiary alicyclic amines) is 1. The van der Waals surface area contributed by atoms with Gasteiger partial charge in [0.2, 0.25) is 0 Å². The van der Waals surface area contributed by atoms with E-state index in [4.69, 9.17) is 4.74 Å². The third kappa shape index (κ3) is 3.38. The van der Waals surface area contributed by atoms with Crippen molar-refractivity contribution in [2.24, 2.45) is 5.92 Å². The molecule has 108 valence electrons. The molecule has 0 N–H and O–H groups in total. The van der Waals surface area contributed by atoms with Gasteiger partial charge in [0, 0.05) is 24.6 Å². The quantitative estimate of drug-likeness (QED) is 0.848. The first kappa shape index (κ1) is 14.6. The van der Waals surface area contributed by atoms with E-state index in [0.29, 0.717) is 25.3 Å². The number of rotatable bonds is 4. The molecule has 20 heavy (non-hydrogen) atoms. The molecule has 0 spiro atoms. The van der Waals surface area contributed by atoms with Crippen LogP contribution in [-0.2, 0) is 4.79 Å². The fraction of sp³-hybridized carbons (Fsp3) is 0.500. The number of ketones is 1. The van der Waals surface area contributed by atoms with Crippen LogP contribution in [0.2, 0.25) is 0 Å². The topological polar surface area (TPSA) is 46.6 Å². The molecule has 0 bridgehead atoms. The first-order chi connectivity index (χ1) is 9.61. The molecule has 0 saturated carbocycles. The van der Waals surface area contributed by atoms with Crippen molar-refractivity contribution in [3.8, 4) is 5.75 Å². The Balaban J connectivity index is 1.96. The van der Waals surface area contributed by atoms with Crippen LogP contribution in [0.3, 0.4) is 0 Å². The predicted molar refractivity (Wildman–Crippen MR) is 76.9 cm³/mol. The van der Waals surface area contributed by atoms with Crippen molar-refractivity contribution in [2.45, 2.75) is 26.7 Å². The van der Waals surface area contributed by atoms with Crippen LogP contribution in [0.4, 0.5) is 0 Å². The van der Waals surface area contributed by atoms with E-state index in [1.165, 1.54) is 0 Å². The van der Waals surface area contributed by atoms with E-state index in [1.807, 2.05) is 24.0 Å². The first-order valence-electron chi connectivity index (χ1n) is 7.14. The minimum absolute atomic E-state index is 0.0371. The van der Waals surface area contributed by atoms with Crippen LogP contribution in [0.15, 0.2) is 24.3 Å². The van der Waals surface area contributed by atoms with Crippen molar-refractivity contribution < 1.29 is 14.3 Å². The molecule has 0 aliphatic carbocycles. The molecule has 1 saturated heterocycles. The van der Waals surface area contributed by atoms with E-state index in [2.05, 4.69) is 0 Å². The number of nitrogens with zero attached hydrogens (tertiary/aromatic N) is 1. The van der Waals surface area contributed by atoms with Gasteiger partial charge in [-0.05, 0) is 51.0 Å². The van der Waals surface area contributed by atoms with Gasteiger partial charge in [0.25, 0.3) is 5.91 Å². The average molecular weight is 275 g/mol. The zero-order valence-electron chi connectivity index (χ0n) is 12.1. The van der Waals surface area contributed by atoms with Crippen molar-refractivity contribution in [1.29, 1.82) is 0 Å². The van der Waals surface area contributed by atoms with E-state index >= 15 is 0 Å². The summed E-state index contributed by atoms with van der Waals surface area (Å²) in [6.45, 7) is 5.51. The number of ether oxygens (including phenoxy) is 1. The molecular weight excluding hydrogens is 254 g/mol. The van der Waals surface area contributed by atoms with Gasteiger partial charge in [0.05, 0.1) is 6.61 Å². The lowest BCUT2D eigenvalue weighted by molar-refractivity contribution is -0.121. The highest BCUT2D eigenvalue weighted by Gasteiger charge is 2.25. The Morgan fingerprint density at radius 2 is 1.80 bits per heavy atom. The van der Waals surface area contributed by atoms with E-state index in [0.717, 1.165) is 18.6 Å². The molecule has 1 aromatic carbocycles. The number of carbonyl (C=O) groups excluding carboxylic acids is 2. The van der Waals surface area contributed by atoms with Gasteiger partial charge in [-0.1, -0.05) is 0 Å². The number of piperidine rings is 1. The molecule has 1 amide bonds. The van der Waals surface area contributed by atoms with Gasteiger partial charge < -0.3 is 9.64 Å². The summed E-state index contributed by atoms with van der Waals surface area (Å²) in [5.74, 6) is 1.17. The summed E-state index contributed by atoms with van der Waals surface area (Å²) >= 11 is 0. The molecule has 1 aromatic rings. The molecule has 4 heteroatoms. The summed E-state index contributed by atoms with van der Waals surface area (Å²) in [4.78, 5) is 25.5. The van der Waals surface area contributed by atoms with Crippen LogP contribution in [-0.4, -0.2) is 36.3 Å². The third-order valence-electron chi connectivity index (χ3n) is 3.77. The smallest absolute Gasteiger partial charge is 0.253 e. The summed E-state index contributed by atoms with van der Waals surface area (Å²) in [6.07, 6.45) is 1.55. The maximum absolute atomic E-state index is 12.3. The fourth-order valence-electron chi connectivity index (χ4n) is 2.53. The molecule has 0 radical (unpaired) electrons. The van der Waals surface area contributed by atoms with Crippen molar-refractivity contribution in [1.82, 2.24) is 4.90 Å². The Hall–Kier alpha value is -1.84. The number of Topliss-reactive ketones (excluding diaryl/α,β-unsaturated/α-hetero) is 1. The summed E-state index contributed by atoms with van der Waals surface area (Å²) < 4.78 is 5.36. The zero-order chi connectivity index (χ0) is 14.5. The number of benzene rings is 1. The van der Waals surface area contributed by atoms with Crippen LogP contribution < -0.4 is 4.74 Å². The van der Waals surface area contributed by atoms with Gasteiger partial charge in [-0.2, -0.15) is 0 Å². The molecule has 4 nitrogen and oxygen atoms in total. The Morgan fingerprint density at radius 1 is 1.20 bits per heavy atom. The van der Waals surface area contributed by atoms with E-state index in [9.17, 15) is 9.59 Å². The van der Waals surface area contributed by atoms with Crippen LogP contribution in [0.25, 0.3) is 0 Å². The molecule has 1 heterocycles. The van der Waals surface area contributed by atoms with Gasteiger partial charge in [-0.15, -0.1) is 0 Å². The highest BCUT2D eigenvalue weighted by molar-refractivity contribution is 5.94. The minimum atomic E-state index is 0.0371. The lowest BCUT2D eigenvalue weighted by Crippen LogP contribution is -2.39. The largest absolute Gasteiger partial charge is 0.494 e. The lowest BCUT2D eigenvalue weighted by atomic mass is 9.93. The molecule has 0 atom stereocenters. The molecule has 1 fully saturated rings. The Kier molecular flexibility index (Phi) is 4.77. The number of hydrogen-bond acceptors (Lipinski definition) is 3. The van der Waals surface area contributed by atoms with E-state index < -0.39 is 0 Å². The van der Waals surface area contributed by atoms with Gasteiger partial charge in [0.15, 0.2) is 0 Å². The monoisotopic (exact) mass is 275 g/mol. The molecule has 1 aliphatic rings. The Bertz CT molecular complexity index is 473. The number of hydrogen-bond donors (Lipinski definition) is 0. The zero-order valence-corrected chi connectivity index (χ0v) is 12.1. The van der Waals surface area contributed by atoms with Gasteiger partial charge in [-0.25, -0.2) is 0 Å². The fourth-order valence-corrected chi connectivity index (χ4v) is 2.53. The first-order valence-corrected chi connectivity index (χ1v) is 7.14. The van der Waals surface area contributed by atoms with E-state index in [1.54, 1.807) is 19.1 Å². The molecule has 0 unspecified atom stereocenters. The Labute approximate surface area is 119 Å². The average Bonchev–Trinajstić information content (AvgIpc) is 2.48. The summed E-state index contributed by atoms with van der Waals surface area (Å²) in [7, 11) is 0. The summed E-state index contributed by atoms with van der Waals surface area (Å²) in [5, 5.41) is 0. The van der Waals surface area contributed by atoms with E-state index in [-0.39, 0.29) is 17.6 Å². The molecule has 2 rings (SSSR count). The normalized spacial score (nSPS) is 16.0. The minimum Gasteiger partial charge on any atom is -0.494 e. The number of carbonyl (C=O) groups is 2. The van der Waals surface area contributed by atoms with Gasteiger partial charge >= 0.3 is 0 Å². The van der Waals surface area contributed by atoms with Crippen molar-refractivity contribution >= 4 is 11.7 Å². The predicted octanol–water partition coefficient (Wildman–Crippen LogP) is 2.53. The van der Waals surface area contributed by atoms with Crippen LogP contribution in [0.5, 0.6) is 5.75 Å². The maximum Gasteiger partial charge on any atom is 0.253 e. The molecular formula is C16H21NO3. The highest BCUT2D eigenvalue weighted by atomic mass is 16.5. The lowest BCUT2D eigenvalue weighted by Gasteiger charge is -2.30.